The van der Waals surface area contributed by atoms with E-state index in [4.69, 9.17) is 4.74 Å². The van der Waals surface area contributed by atoms with Crippen molar-refractivity contribution in [2.45, 2.75) is 25.4 Å². The summed E-state index contributed by atoms with van der Waals surface area (Å²) < 4.78 is 6.27. The number of ether oxygens (including phenoxy) is 1. The molecule has 1 aromatic carbocycles. The summed E-state index contributed by atoms with van der Waals surface area (Å²) in [6.07, 6.45) is 2.25. The third-order valence-electron chi connectivity index (χ3n) is 4.18. The first-order chi connectivity index (χ1) is 7.70. The monoisotopic (exact) mass is 217 g/mol. The van der Waals surface area contributed by atoms with Crippen molar-refractivity contribution in [2.75, 3.05) is 20.1 Å². The lowest BCUT2D eigenvalue weighted by Crippen LogP contribution is -2.52. The summed E-state index contributed by atoms with van der Waals surface area (Å²) >= 11 is 0. The zero-order valence-corrected chi connectivity index (χ0v) is 10.1. The molecule has 2 aliphatic heterocycles. The van der Waals surface area contributed by atoms with Crippen LogP contribution in [0.25, 0.3) is 0 Å². The predicted octanol–water partition coefficient (Wildman–Crippen LogP) is 2.33. The minimum absolute atomic E-state index is 0.0796. The molecule has 1 saturated heterocycles. The van der Waals surface area contributed by atoms with Crippen molar-refractivity contribution < 1.29 is 4.74 Å². The molecular formula is C14H19NO. The van der Waals surface area contributed by atoms with E-state index in [-0.39, 0.29) is 5.60 Å². The van der Waals surface area contributed by atoms with E-state index in [0.29, 0.717) is 5.92 Å². The molecule has 1 fully saturated rings. The summed E-state index contributed by atoms with van der Waals surface area (Å²) in [5, 5.41) is 0. The Morgan fingerprint density at radius 1 is 1.38 bits per heavy atom. The van der Waals surface area contributed by atoms with Gasteiger partial charge in [0.1, 0.15) is 11.4 Å². The number of nitrogens with zero attached hydrogens (tertiary/aromatic N) is 1. The van der Waals surface area contributed by atoms with Crippen molar-refractivity contribution in [3.05, 3.63) is 29.8 Å². The van der Waals surface area contributed by atoms with E-state index in [9.17, 15) is 0 Å². The van der Waals surface area contributed by atoms with Gasteiger partial charge in [-0.15, -0.1) is 0 Å². The Hall–Kier alpha value is -1.02. The van der Waals surface area contributed by atoms with Gasteiger partial charge < -0.3 is 9.64 Å². The second-order valence-corrected chi connectivity index (χ2v) is 5.36. The molecule has 1 aromatic rings. The van der Waals surface area contributed by atoms with Crippen LogP contribution in [-0.2, 0) is 6.42 Å². The molecule has 0 N–H and O–H groups in total. The summed E-state index contributed by atoms with van der Waals surface area (Å²) in [6.45, 7) is 4.62. The van der Waals surface area contributed by atoms with Gasteiger partial charge in [-0.05, 0) is 18.7 Å². The van der Waals surface area contributed by atoms with E-state index < -0.39 is 0 Å². The lowest BCUT2D eigenvalue weighted by Gasteiger charge is -2.42. The van der Waals surface area contributed by atoms with E-state index in [2.05, 4.69) is 43.1 Å². The summed E-state index contributed by atoms with van der Waals surface area (Å²) in [7, 11) is 2.20. The first-order valence-corrected chi connectivity index (χ1v) is 6.15. The summed E-state index contributed by atoms with van der Waals surface area (Å²) in [4.78, 5) is 2.41. The number of benzene rings is 1. The highest BCUT2D eigenvalue weighted by atomic mass is 16.5. The molecule has 2 unspecified atom stereocenters. The van der Waals surface area contributed by atoms with Crippen LogP contribution in [0.5, 0.6) is 5.75 Å². The van der Waals surface area contributed by atoms with Crippen LogP contribution in [0.1, 0.15) is 18.9 Å². The molecule has 0 aromatic heterocycles. The third-order valence-corrected chi connectivity index (χ3v) is 4.18. The minimum Gasteiger partial charge on any atom is -0.486 e. The second kappa shape index (κ2) is 3.49. The summed E-state index contributed by atoms with van der Waals surface area (Å²) in [5.41, 5.74) is 1.47. The van der Waals surface area contributed by atoms with Gasteiger partial charge in [-0.25, -0.2) is 0 Å². The van der Waals surface area contributed by atoms with Gasteiger partial charge in [0.2, 0.25) is 0 Å². The number of rotatable bonds is 0. The molecule has 16 heavy (non-hydrogen) atoms. The molecule has 2 atom stereocenters. The first-order valence-electron chi connectivity index (χ1n) is 6.15. The van der Waals surface area contributed by atoms with E-state index in [1.54, 1.807) is 0 Å². The van der Waals surface area contributed by atoms with Crippen LogP contribution in [-0.4, -0.2) is 30.6 Å². The van der Waals surface area contributed by atoms with Crippen LogP contribution in [0.2, 0.25) is 0 Å². The Bertz CT molecular complexity index is 376. The Morgan fingerprint density at radius 3 is 2.94 bits per heavy atom. The zero-order valence-electron chi connectivity index (χ0n) is 10.1. The highest BCUT2D eigenvalue weighted by Gasteiger charge is 2.46. The smallest absolute Gasteiger partial charge is 0.123 e. The second-order valence-electron chi connectivity index (χ2n) is 5.36. The van der Waals surface area contributed by atoms with Crippen LogP contribution in [0, 0.1) is 5.92 Å². The van der Waals surface area contributed by atoms with Crippen molar-refractivity contribution in [1.29, 1.82) is 0 Å². The Labute approximate surface area is 97.2 Å². The molecular weight excluding hydrogens is 198 g/mol. The van der Waals surface area contributed by atoms with Crippen molar-refractivity contribution >= 4 is 0 Å². The van der Waals surface area contributed by atoms with E-state index in [1.165, 1.54) is 5.56 Å². The molecule has 2 aliphatic rings. The fourth-order valence-electron chi connectivity index (χ4n) is 3.09. The lowest BCUT2D eigenvalue weighted by molar-refractivity contribution is -0.0212. The Morgan fingerprint density at radius 2 is 2.19 bits per heavy atom. The first kappa shape index (κ1) is 10.2. The zero-order chi connectivity index (χ0) is 11.2. The van der Waals surface area contributed by atoms with Crippen molar-refractivity contribution in [1.82, 2.24) is 4.90 Å². The molecule has 3 rings (SSSR count). The molecule has 86 valence electrons. The van der Waals surface area contributed by atoms with E-state index in [0.717, 1.165) is 31.7 Å². The van der Waals surface area contributed by atoms with Gasteiger partial charge in [-0.2, -0.15) is 0 Å². The number of piperidine rings is 1. The van der Waals surface area contributed by atoms with Gasteiger partial charge in [0.25, 0.3) is 0 Å². The van der Waals surface area contributed by atoms with Gasteiger partial charge in [0.05, 0.1) is 0 Å². The SMILES string of the molecule is CC1CN(C)CCC12Cc1ccccc1O2. The average molecular weight is 217 g/mol. The van der Waals surface area contributed by atoms with Crippen molar-refractivity contribution in [3.63, 3.8) is 0 Å². The average Bonchev–Trinajstić information content (AvgIpc) is 2.64. The molecule has 0 saturated carbocycles. The molecule has 1 spiro atoms. The van der Waals surface area contributed by atoms with Gasteiger partial charge in [0.15, 0.2) is 0 Å². The summed E-state index contributed by atoms with van der Waals surface area (Å²) in [6, 6.07) is 8.49. The molecule has 2 nitrogen and oxygen atoms in total. The quantitative estimate of drug-likeness (QED) is 0.661. The number of likely N-dealkylation sites (tertiary alicyclic amines) is 1. The maximum Gasteiger partial charge on any atom is 0.123 e. The highest BCUT2D eigenvalue weighted by molar-refractivity contribution is 5.39. The topological polar surface area (TPSA) is 12.5 Å². The maximum absolute atomic E-state index is 6.27. The van der Waals surface area contributed by atoms with Gasteiger partial charge in [-0.3, -0.25) is 0 Å². The number of hydrogen-bond donors (Lipinski definition) is 0. The van der Waals surface area contributed by atoms with Crippen LogP contribution < -0.4 is 4.74 Å². The standard InChI is InChI=1S/C14H19NO/c1-11-10-15(2)8-7-14(11)9-12-5-3-4-6-13(12)16-14/h3-6,11H,7-10H2,1-2H3. The van der Waals surface area contributed by atoms with Gasteiger partial charge in [0, 0.05) is 31.8 Å². The Kier molecular flexibility index (Phi) is 2.21. The predicted molar refractivity (Wildman–Crippen MR) is 64.8 cm³/mol. The van der Waals surface area contributed by atoms with Gasteiger partial charge >= 0.3 is 0 Å². The van der Waals surface area contributed by atoms with Crippen LogP contribution in [0.4, 0.5) is 0 Å². The third kappa shape index (κ3) is 1.44. The number of fused-ring (bicyclic) bond motifs is 1. The maximum atomic E-state index is 6.27. The molecule has 0 bridgehead atoms. The number of para-hydroxylation sites is 1. The number of hydrogen-bond acceptors (Lipinski definition) is 2. The van der Waals surface area contributed by atoms with Crippen molar-refractivity contribution in [3.8, 4) is 5.75 Å². The lowest BCUT2D eigenvalue weighted by atomic mass is 9.79. The molecule has 0 aliphatic carbocycles. The summed E-state index contributed by atoms with van der Waals surface area (Å²) in [5.74, 6) is 1.72. The fourth-order valence-corrected chi connectivity index (χ4v) is 3.09. The molecule has 0 amide bonds. The van der Waals surface area contributed by atoms with Crippen LogP contribution in [0.3, 0.4) is 0 Å². The molecule has 2 heterocycles. The largest absolute Gasteiger partial charge is 0.486 e. The van der Waals surface area contributed by atoms with Gasteiger partial charge in [-0.1, -0.05) is 25.1 Å². The minimum atomic E-state index is 0.0796. The molecule has 2 heteroatoms. The van der Waals surface area contributed by atoms with Crippen molar-refractivity contribution in [2.24, 2.45) is 5.92 Å². The fraction of sp³-hybridized carbons (Fsp3) is 0.571. The van der Waals surface area contributed by atoms with E-state index in [1.807, 2.05) is 0 Å². The van der Waals surface area contributed by atoms with Crippen LogP contribution >= 0.6 is 0 Å². The van der Waals surface area contributed by atoms with Crippen LogP contribution in [0.15, 0.2) is 24.3 Å². The highest BCUT2D eigenvalue weighted by Crippen LogP contribution is 2.43. The molecule has 0 radical (unpaired) electrons. The normalized spacial score (nSPS) is 33.8. The van der Waals surface area contributed by atoms with E-state index >= 15 is 0 Å². The Balaban J connectivity index is 1.88.